The molecule has 7 nitrogen and oxygen atoms in total. The Morgan fingerprint density at radius 2 is 2.15 bits per heavy atom. The largest absolute Gasteiger partial charge is 0.282 e. The maximum Gasteiger partial charge on any atom is 0.235 e. The summed E-state index contributed by atoms with van der Waals surface area (Å²) in [5.74, 6) is 0.635. The van der Waals surface area contributed by atoms with Crippen LogP contribution in [0.3, 0.4) is 0 Å². The van der Waals surface area contributed by atoms with Crippen molar-refractivity contribution in [2.45, 2.75) is 6.92 Å². The fourth-order valence-electron chi connectivity index (χ4n) is 1.90. The summed E-state index contributed by atoms with van der Waals surface area (Å²) in [6.45, 7) is 1.95. The molecular weight excluding hydrogens is 274 g/mol. The minimum atomic E-state index is 0.635. The van der Waals surface area contributed by atoms with Gasteiger partial charge in [-0.1, -0.05) is 17.4 Å². The SMILES string of the molecule is Cc1cc(-c2nn3c(-c4ccccn4)nnc3s2)n[nH]1. The van der Waals surface area contributed by atoms with Gasteiger partial charge in [0.05, 0.1) is 0 Å². The summed E-state index contributed by atoms with van der Waals surface area (Å²) in [4.78, 5) is 5.00. The van der Waals surface area contributed by atoms with Gasteiger partial charge < -0.3 is 0 Å². The Kier molecular flexibility index (Phi) is 2.36. The highest BCUT2D eigenvalue weighted by Gasteiger charge is 2.16. The van der Waals surface area contributed by atoms with Crippen molar-refractivity contribution >= 4 is 16.3 Å². The van der Waals surface area contributed by atoms with E-state index in [0.29, 0.717) is 5.82 Å². The molecule has 0 aromatic carbocycles. The zero-order valence-electron chi connectivity index (χ0n) is 10.5. The van der Waals surface area contributed by atoms with Crippen molar-refractivity contribution < 1.29 is 0 Å². The molecule has 0 fully saturated rings. The van der Waals surface area contributed by atoms with Crippen molar-refractivity contribution in [3.63, 3.8) is 0 Å². The standard InChI is InChI=1S/C12H9N7S/c1-7-6-9(15-14-7)11-18-19-10(16-17-12(19)20-11)8-4-2-3-5-13-8/h2-6H,1H3,(H,14,15). The summed E-state index contributed by atoms with van der Waals surface area (Å²) in [6, 6.07) is 7.61. The monoisotopic (exact) mass is 283 g/mol. The van der Waals surface area contributed by atoms with E-state index < -0.39 is 0 Å². The number of H-pyrrole nitrogens is 1. The molecule has 0 aliphatic carbocycles. The van der Waals surface area contributed by atoms with E-state index in [1.165, 1.54) is 11.3 Å². The number of nitrogens with zero attached hydrogens (tertiary/aromatic N) is 6. The number of hydrogen-bond donors (Lipinski definition) is 1. The minimum Gasteiger partial charge on any atom is -0.282 e. The highest BCUT2D eigenvalue weighted by Crippen LogP contribution is 2.26. The number of aryl methyl sites for hydroxylation is 1. The first-order valence-corrected chi connectivity index (χ1v) is 6.79. The van der Waals surface area contributed by atoms with Gasteiger partial charge in [-0.15, -0.1) is 10.2 Å². The Morgan fingerprint density at radius 3 is 2.90 bits per heavy atom. The number of pyridine rings is 1. The minimum absolute atomic E-state index is 0.635. The molecule has 0 amide bonds. The predicted molar refractivity (Wildman–Crippen MR) is 74.2 cm³/mol. The van der Waals surface area contributed by atoms with Crippen LogP contribution in [0.15, 0.2) is 30.5 Å². The fourth-order valence-corrected chi connectivity index (χ4v) is 2.70. The van der Waals surface area contributed by atoms with E-state index in [-0.39, 0.29) is 0 Å². The van der Waals surface area contributed by atoms with Crippen LogP contribution in [0.5, 0.6) is 0 Å². The molecule has 4 heterocycles. The van der Waals surface area contributed by atoms with E-state index in [4.69, 9.17) is 0 Å². The van der Waals surface area contributed by atoms with Crippen molar-refractivity contribution in [3.8, 4) is 22.2 Å². The van der Waals surface area contributed by atoms with Gasteiger partial charge in [0.25, 0.3) is 0 Å². The molecule has 4 rings (SSSR count). The Balaban J connectivity index is 1.87. The molecule has 0 bridgehead atoms. The predicted octanol–water partition coefficient (Wildman–Crippen LogP) is 1.95. The average molecular weight is 283 g/mol. The first-order chi connectivity index (χ1) is 9.81. The Morgan fingerprint density at radius 1 is 1.20 bits per heavy atom. The summed E-state index contributed by atoms with van der Waals surface area (Å²) in [6.07, 6.45) is 1.72. The number of nitrogens with one attached hydrogen (secondary N) is 1. The van der Waals surface area contributed by atoms with Gasteiger partial charge in [0.1, 0.15) is 11.4 Å². The van der Waals surface area contributed by atoms with Crippen LogP contribution in [0.4, 0.5) is 0 Å². The van der Waals surface area contributed by atoms with E-state index in [2.05, 4.69) is 30.5 Å². The summed E-state index contributed by atoms with van der Waals surface area (Å²) in [5.41, 5.74) is 2.55. The summed E-state index contributed by atoms with van der Waals surface area (Å²) >= 11 is 1.45. The van der Waals surface area contributed by atoms with Gasteiger partial charge in [0.2, 0.25) is 10.8 Å². The van der Waals surface area contributed by atoms with Crippen LogP contribution in [0.2, 0.25) is 0 Å². The maximum atomic E-state index is 4.52. The molecule has 0 atom stereocenters. The molecule has 0 spiro atoms. The molecule has 4 aromatic heterocycles. The third kappa shape index (κ3) is 1.69. The summed E-state index contributed by atoms with van der Waals surface area (Å²) < 4.78 is 1.70. The molecule has 98 valence electrons. The Labute approximate surface area is 117 Å². The molecule has 0 unspecified atom stereocenters. The van der Waals surface area contributed by atoms with Crippen LogP contribution in [-0.4, -0.2) is 35.0 Å². The van der Waals surface area contributed by atoms with Crippen LogP contribution in [-0.2, 0) is 0 Å². The van der Waals surface area contributed by atoms with Crippen LogP contribution >= 0.6 is 11.3 Å². The van der Waals surface area contributed by atoms with Crippen LogP contribution in [0, 0.1) is 6.92 Å². The van der Waals surface area contributed by atoms with Gasteiger partial charge in [-0.2, -0.15) is 14.7 Å². The number of hydrogen-bond acceptors (Lipinski definition) is 6. The van der Waals surface area contributed by atoms with E-state index >= 15 is 0 Å². The number of aromatic nitrogens is 7. The van der Waals surface area contributed by atoms with Crippen molar-refractivity contribution in [1.82, 2.24) is 35.0 Å². The van der Waals surface area contributed by atoms with Gasteiger partial charge in [-0.3, -0.25) is 10.1 Å². The zero-order chi connectivity index (χ0) is 13.5. The highest BCUT2D eigenvalue weighted by molar-refractivity contribution is 7.19. The molecule has 0 saturated heterocycles. The second-order valence-corrected chi connectivity index (χ2v) is 5.23. The topological polar surface area (TPSA) is 84.7 Å². The molecule has 8 heteroatoms. The number of rotatable bonds is 2. The van der Waals surface area contributed by atoms with E-state index in [1.807, 2.05) is 31.2 Å². The lowest BCUT2D eigenvalue weighted by atomic mass is 10.3. The molecule has 20 heavy (non-hydrogen) atoms. The van der Waals surface area contributed by atoms with Crippen molar-refractivity contribution in [1.29, 1.82) is 0 Å². The van der Waals surface area contributed by atoms with Crippen LogP contribution in [0.1, 0.15) is 5.69 Å². The Bertz CT molecular complexity index is 874. The second kappa shape index (κ2) is 4.20. The third-order valence-electron chi connectivity index (χ3n) is 2.81. The summed E-state index contributed by atoms with van der Waals surface area (Å²) in [5, 5.41) is 20.7. The molecule has 0 aliphatic rings. The van der Waals surface area contributed by atoms with Crippen LogP contribution < -0.4 is 0 Å². The van der Waals surface area contributed by atoms with Gasteiger partial charge in [0, 0.05) is 11.9 Å². The van der Waals surface area contributed by atoms with Gasteiger partial charge in [-0.05, 0) is 25.1 Å². The second-order valence-electron chi connectivity index (χ2n) is 4.28. The van der Waals surface area contributed by atoms with Crippen molar-refractivity contribution in [2.24, 2.45) is 0 Å². The van der Waals surface area contributed by atoms with E-state index in [1.54, 1.807) is 10.7 Å². The lowest BCUT2D eigenvalue weighted by Crippen LogP contribution is -1.92. The highest BCUT2D eigenvalue weighted by atomic mass is 32.1. The quantitative estimate of drug-likeness (QED) is 0.607. The number of fused-ring (bicyclic) bond motifs is 1. The normalized spacial score (nSPS) is 11.2. The number of aromatic amines is 1. The van der Waals surface area contributed by atoms with Gasteiger partial charge >= 0.3 is 0 Å². The maximum absolute atomic E-state index is 4.52. The molecular formula is C12H9N7S. The first-order valence-electron chi connectivity index (χ1n) is 5.97. The molecule has 0 saturated carbocycles. The molecule has 0 aliphatic heterocycles. The molecule has 1 N–H and O–H groups in total. The van der Waals surface area contributed by atoms with Crippen molar-refractivity contribution in [2.75, 3.05) is 0 Å². The van der Waals surface area contributed by atoms with Crippen LogP contribution in [0.25, 0.3) is 27.2 Å². The lowest BCUT2D eigenvalue weighted by molar-refractivity contribution is 0.954. The van der Waals surface area contributed by atoms with Gasteiger partial charge in [-0.25, -0.2) is 0 Å². The van der Waals surface area contributed by atoms with E-state index in [0.717, 1.165) is 27.1 Å². The Hall–Kier alpha value is -2.61. The molecule has 0 radical (unpaired) electrons. The van der Waals surface area contributed by atoms with Gasteiger partial charge in [0.15, 0.2) is 5.01 Å². The lowest BCUT2D eigenvalue weighted by Gasteiger charge is -1.93. The van der Waals surface area contributed by atoms with Crippen molar-refractivity contribution in [3.05, 3.63) is 36.2 Å². The summed E-state index contributed by atoms with van der Waals surface area (Å²) in [7, 11) is 0. The average Bonchev–Trinajstić information content (AvgIpc) is 3.13. The zero-order valence-corrected chi connectivity index (χ0v) is 11.3. The fraction of sp³-hybridized carbons (Fsp3) is 0.0833. The first kappa shape index (κ1) is 11.2. The smallest absolute Gasteiger partial charge is 0.235 e. The third-order valence-corrected chi connectivity index (χ3v) is 3.73. The molecule has 4 aromatic rings. The van der Waals surface area contributed by atoms with E-state index in [9.17, 15) is 0 Å².